The zero-order chi connectivity index (χ0) is 10.9. The van der Waals surface area contributed by atoms with Crippen molar-refractivity contribution >= 4 is 0 Å². The van der Waals surface area contributed by atoms with Gasteiger partial charge in [0.15, 0.2) is 0 Å². The Labute approximate surface area is 88.8 Å². The monoisotopic (exact) mass is 198 g/mol. The van der Waals surface area contributed by atoms with Crippen molar-refractivity contribution in [2.75, 3.05) is 6.54 Å². The molecule has 0 aromatic rings. The van der Waals surface area contributed by atoms with Crippen molar-refractivity contribution in [2.24, 2.45) is 11.7 Å². The number of rotatable bonds is 2. The first-order valence-electron chi connectivity index (χ1n) is 5.94. The molecule has 0 bridgehead atoms. The fourth-order valence-corrected chi connectivity index (χ4v) is 2.70. The van der Waals surface area contributed by atoms with Gasteiger partial charge in [0.05, 0.1) is 0 Å². The summed E-state index contributed by atoms with van der Waals surface area (Å²) in [5.74, 6) is 0.694. The SMILES string of the molecule is CCC1CN(C(C)(C)C)C(CC)C1N. The van der Waals surface area contributed by atoms with Gasteiger partial charge in [-0.2, -0.15) is 0 Å². The molecular weight excluding hydrogens is 172 g/mol. The molecule has 2 heteroatoms. The van der Waals surface area contributed by atoms with Crippen molar-refractivity contribution < 1.29 is 0 Å². The maximum atomic E-state index is 6.29. The van der Waals surface area contributed by atoms with Crippen LogP contribution in [0.3, 0.4) is 0 Å². The lowest BCUT2D eigenvalue weighted by Crippen LogP contribution is -2.48. The highest BCUT2D eigenvalue weighted by Gasteiger charge is 2.41. The second-order valence-corrected chi connectivity index (χ2v) is 5.54. The quantitative estimate of drug-likeness (QED) is 0.737. The first-order chi connectivity index (χ1) is 6.41. The summed E-state index contributed by atoms with van der Waals surface area (Å²) in [6, 6.07) is 0.962. The summed E-state index contributed by atoms with van der Waals surface area (Å²) in [6.07, 6.45) is 2.39. The summed E-state index contributed by atoms with van der Waals surface area (Å²) in [7, 11) is 0. The molecule has 3 atom stereocenters. The molecular formula is C12H26N2. The van der Waals surface area contributed by atoms with Gasteiger partial charge in [-0.25, -0.2) is 0 Å². The van der Waals surface area contributed by atoms with Gasteiger partial charge < -0.3 is 5.73 Å². The lowest BCUT2D eigenvalue weighted by Gasteiger charge is -2.37. The van der Waals surface area contributed by atoms with E-state index in [4.69, 9.17) is 5.73 Å². The van der Waals surface area contributed by atoms with Crippen LogP contribution >= 0.6 is 0 Å². The standard InChI is InChI=1S/C12H26N2/c1-6-9-8-14(12(3,4)5)10(7-2)11(9)13/h9-11H,6-8,13H2,1-5H3. The van der Waals surface area contributed by atoms with E-state index in [1.165, 1.54) is 19.4 Å². The van der Waals surface area contributed by atoms with Crippen LogP contribution in [0.15, 0.2) is 0 Å². The third kappa shape index (κ3) is 2.12. The van der Waals surface area contributed by atoms with Crippen LogP contribution in [-0.2, 0) is 0 Å². The number of nitrogens with two attached hydrogens (primary N) is 1. The minimum absolute atomic E-state index is 0.266. The Morgan fingerprint density at radius 1 is 1.21 bits per heavy atom. The molecule has 2 nitrogen and oxygen atoms in total. The Morgan fingerprint density at radius 2 is 1.79 bits per heavy atom. The van der Waals surface area contributed by atoms with E-state index in [9.17, 15) is 0 Å². The van der Waals surface area contributed by atoms with Crippen LogP contribution in [0.4, 0.5) is 0 Å². The van der Waals surface area contributed by atoms with Gasteiger partial charge in [0.25, 0.3) is 0 Å². The average molecular weight is 198 g/mol. The van der Waals surface area contributed by atoms with Gasteiger partial charge in [0.1, 0.15) is 0 Å². The van der Waals surface area contributed by atoms with E-state index in [2.05, 4.69) is 39.5 Å². The van der Waals surface area contributed by atoms with E-state index in [0.717, 1.165) is 0 Å². The highest BCUT2D eigenvalue weighted by molar-refractivity contribution is 4.99. The smallest absolute Gasteiger partial charge is 0.0253 e. The van der Waals surface area contributed by atoms with Gasteiger partial charge in [-0.05, 0) is 33.1 Å². The second kappa shape index (κ2) is 4.19. The van der Waals surface area contributed by atoms with E-state index in [0.29, 0.717) is 18.0 Å². The highest BCUT2D eigenvalue weighted by atomic mass is 15.3. The lowest BCUT2D eigenvalue weighted by atomic mass is 9.96. The summed E-state index contributed by atoms with van der Waals surface area (Å²) in [5, 5.41) is 0. The van der Waals surface area contributed by atoms with E-state index in [1.54, 1.807) is 0 Å². The van der Waals surface area contributed by atoms with Crippen LogP contribution < -0.4 is 5.73 Å². The summed E-state index contributed by atoms with van der Waals surface area (Å²) < 4.78 is 0. The number of nitrogens with zero attached hydrogens (tertiary/aromatic N) is 1. The van der Waals surface area contributed by atoms with Crippen molar-refractivity contribution in [3.63, 3.8) is 0 Å². The molecule has 1 aliphatic heterocycles. The molecule has 0 aliphatic carbocycles. The van der Waals surface area contributed by atoms with Crippen molar-refractivity contribution in [1.29, 1.82) is 0 Å². The van der Waals surface area contributed by atoms with E-state index < -0.39 is 0 Å². The summed E-state index contributed by atoms with van der Waals surface area (Å²) in [4.78, 5) is 2.59. The van der Waals surface area contributed by atoms with Crippen molar-refractivity contribution in [1.82, 2.24) is 4.90 Å². The number of likely N-dealkylation sites (tertiary alicyclic amines) is 1. The molecule has 0 saturated carbocycles. The Morgan fingerprint density at radius 3 is 2.07 bits per heavy atom. The number of hydrogen-bond donors (Lipinski definition) is 1. The molecule has 1 rings (SSSR count). The third-order valence-corrected chi connectivity index (χ3v) is 3.62. The van der Waals surface area contributed by atoms with Crippen LogP contribution in [0.25, 0.3) is 0 Å². The Balaban J connectivity index is 2.78. The van der Waals surface area contributed by atoms with Gasteiger partial charge in [-0.3, -0.25) is 4.90 Å². The Kier molecular flexibility index (Phi) is 3.59. The predicted molar refractivity (Wildman–Crippen MR) is 62.3 cm³/mol. The maximum Gasteiger partial charge on any atom is 0.0253 e. The molecule has 3 unspecified atom stereocenters. The molecule has 1 fully saturated rings. The summed E-state index contributed by atoms with van der Waals surface area (Å²) >= 11 is 0. The lowest BCUT2D eigenvalue weighted by molar-refractivity contribution is 0.112. The van der Waals surface area contributed by atoms with Crippen LogP contribution in [0.1, 0.15) is 47.5 Å². The van der Waals surface area contributed by atoms with E-state index >= 15 is 0 Å². The minimum atomic E-state index is 0.266. The molecule has 1 aliphatic rings. The van der Waals surface area contributed by atoms with Crippen molar-refractivity contribution in [2.45, 2.75) is 65.1 Å². The molecule has 84 valence electrons. The van der Waals surface area contributed by atoms with Crippen molar-refractivity contribution in [3.8, 4) is 0 Å². The van der Waals surface area contributed by atoms with Crippen LogP contribution in [0, 0.1) is 5.92 Å². The zero-order valence-corrected chi connectivity index (χ0v) is 10.4. The molecule has 0 aromatic heterocycles. The molecule has 1 heterocycles. The largest absolute Gasteiger partial charge is 0.326 e. The first-order valence-corrected chi connectivity index (χ1v) is 5.94. The fraction of sp³-hybridized carbons (Fsp3) is 1.00. The van der Waals surface area contributed by atoms with Crippen molar-refractivity contribution in [3.05, 3.63) is 0 Å². The maximum absolute atomic E-state index is 6.29. The van der Waals surface area contributed by atoms with E-state index in [1.807, 2.05) is 0 Å². The van der Waals surface area contributed by atoms with E-state index in [-0.39, 0.29) is 5.54 Å². The molecule has 1 saturated heterocycles. The number of hydrogen-bond acceptors (Lipinski definition) is 2. The van der Waals surface area contributed by atoms with Gasteiger partial charge >= 0.3 is 0 Å². The van der Waals surface area contributed by atoms with Gasteiger partial charge in [-0.15, -0.1) is 0 Å². The average Bonchev–Trinajstić information content (AvgIpc) is 2.41. The summed E-state index contributed by atoms with van der Waals surface area (Å²) in [5.41, 5.74) is 6.56. The molecule has 0 aromatic carbocycles. The molecule has 14 heavy (non-hydrogen) atoms. The topological polar surface area (TPSA) is 29.3 Å². The first kappa shape index (κ1) is 12.0. The third-order valence-electron chi connectivity index (χ3n) is 3.62. The van der Waals surface area contributed by atoms with Crippen LogP contribution in [-0.4, -0.2) is 29.1 Å². The van der Waals surface area contributed by atoms with Crippen LogP contribution in [0.5, 0.6) is 0 Å². The Hall–Kier alpha value is -0.0800. The van der Waals surface area contributed by atoms with Gasteiger partial charge in [0.2, 0.25) is 0 Å². The second-order valence-electron chi connectivity index (χ2n) is 5.54. The molecule has 0 radical (unpaired) electrons. The van der Waals surface area contributed by atoms with Crippen LogP contribution in [0.2, 0.25) is 0 Å². The fourth-order valence-electron chi connectivity index (χ4n) is 2.70. The molecule has 2 N–H and O–H groups in total. The summed E-state index contributed by atoms with van der Waals surface area (Å²) in [6.45, 7) is 12.6. The highest BCUT2D eigenvalue weighted by Crippen LogP contribution is 2.32. The zero-order valence-electron chi connectivity index (χ0n) is 10.4. The molecule has 0 spiro atoms. The van der Waals surface area contributed by atoms with Gasteiger partial charge in [0, 0.05) is 24.2 Å². The molecule has 0 amide bonds. The predicted octanol–water partition coefficient (Wildman–Crippen LogP) is 2.23. The normalized spacial score (nSPS) is 35.1. The Bertz CT molecular complexity index is 183. The van der Waals surface area contributed by atoms with Gasteiger partial charge in [-0.1, -0.05) is 20.3 Å². The minimum Gasteiger partial charge on any atom is -0.326 e.